The number of hydrogen-bond donors (Lipinski definition) is 0. The fourth-order valence-corrected chi connectivity index (χ4v) is 3.64. The van der Waals surface area contributed by atoms with Gasteiger partial charge in [0.1, 0.15) is 0 Å². The molecule has 2 heteroatoms. The Hall–Kier alpha value is -0.340. The molecule has 1 unspecified atom stereocenters. The highest BCUT2D eigenvalue weighted by molar-refractivity contribution is 9.09. The van der Waals surface area contributed by atoms with Crippen LogP contribution in [0, 0.1) is 5.41 Å². The second-order valence-electron chi connectivity index (χ2n) is 5.91. The molecule has 2 rings (SSSR count). The van der Waals surface area contributed by atoms with Crippen molar-refractivity contribution in [3.8, 4) is 0 Å². The predicted octanol–water partition coefficient (Wildman–Crippen LogP) is 5.50. The summed E-state index contributed by atoms with van der Waals surface area (Å²) in [6.07, 6.45) is 8.30. The van der Waals surface area contributed by atoms with Crippen molar-refractivity contribution in [2.45, 2.75) is 51.6 Å². The van der Waals surface area contributed by atoms with Crippen LogP contribution in [0.1, 0.15) is 57.1 Å². The molecule has 1 atom stereocenters. The topological polar surface area (TPSA) is 9.23 Å². The van der Waals surface area contributed by atoms with Crippen LogP contribution in [0.25, 0.3) is 0 Å². The number of halogens is 1. The van der Waals surface area contributed by atoms with Crippen LogP contribution in [0.2, 0.25) is 0 Å². The van der Waals surface area contributed by atoms with E-state index in [1.807, 2.05) is 0 Å². The summed E-state index contributed by atoms with van der Waals surface area (Å²) in [4.78, 5) is 0. The largest absolute Gasteiger partial charge is 0.373 e. The van der Waals surface area contributed by atoms with Crippen LogP contribution < -0.4 is 0 Å². The van der Waals surface area contributed by atoms with Gasteiger partial charge in [-0.1, -0.05) is 71.9 Å². The molecular formula is C17H25BrO. The standard InChI is InChI=1S/C17H25BrO/c1-15(16-9-5-4-6-10-16)19-14-17(13-18)11-7-2-3-8-12-17/h4-6,9-10,15H,2-3,7-8,11-14H2,1H3. The van der Waals surface area contributed by atoms with Crippen molar-refractivity contribution in [2.24, 2.45) is 5.41 Å². The molecule has 0 saturated heterocycles. The van der Waals surface area contributed by atoms with Crippen molar-refractivity contribution < 1.29 is 4.74 Å². The van der Waals surface area contributed by atoms with E-state index in [4.69, 9.17) is 4.74 Å². The lowest BCUT2D eigenvalue weighted by Gasteiger charge is -2.32. The quantitative estimate of drug-likeness (QED) is 0.513. The van der Waals surface area contributed by atoms with Gasteiger partial charge < -0.3 is 4.74 Å². The summed E-state index contributed by atoms with van der Waals surface area (Å²) in [6, 6.07) is 10.5. The number of rotatable bonds is 5. The van der Waals surface area contributed by atoms with Crippen molar-refractivity contribution in [2.75, 3.05) is 11.9 Å². The average Bonchev–Trinajstić information content (AvgIpc) is 2.72. The van der Waals surface area contributed by atoms with E-state index in [1.54, 1.807) is 0 Å². The Morgan fingerprint density at radius 1 is 1.11 bits per heavy atom. The van der Waals surface area contributed by atoms with E-state index in [-0.39, 0.29) is 6.10 Å². The molecule has 1 aromatic carbocycles. The first-order valence-electron chi connectivity index (χ1n) is 7.48. The van der Waals surface area contributed by atoms with Gasteiger partial charge in [0.25, 0.3) is 0 Å². The van der Waals surface area contributed by atoms with Crippen molar-refractivity contribution in [3.63, 3.8) is 0 Å². The zero-order chi connectivity index (χ0) is 13.6. The maximum Gasteiger partial charge on any atom is 0.0797 e. The first-order chi connectivity index (χ1) is 9.26. The maximum absolute atomic E-state index is 6.19. The fourth-order valence-electron chi connectivity index (χ4n) is 2.92. The molecule has 0 radical (unpaired) electrons. The van der Waals surface area contributed by atoms with Gasteiger partial charge in [-0.25, -0.2) is 0 Å². The number of benzene rings is 1. The Balaban J connectivity index is 1.92. The van der Waals surface area contributed by atoms with Gasteiger partial charge in [-0.05, 0) is 25.3 Å². The van der Waals surface area contributed by atoms with Crippen LogP contribution in [0.4, 0.5) is 0 Å². The number of hydrogen-bond acceptors (Lipinski definition) is 1. The minimum atomic E-state index is 0.195. The molecule has 106 valence electrons. The summed E-state index contributed by atoms with van der Waals surface area (Å²) in [7, 11) is 0. The zero-order valence-electron chi connectivity index (χ0n) is 11.9. The van der Waals surface area contributed by atoms with Crippen LogP contribution >= 0.6 is 15.9 Å². The van der Waals surface area contributed by atoms with Crippen LogP contribution in [0.5, 0.6) is 0 Å². The first kappa shape index (κ1) is 15.1. The van der Waals surface area contributed by atoms with E-state index in [0.29, 0.717) is 5.41 Å². The molecule has 0 bridgehead atoms. The Morgan fingerprint density at radius 3 is 2.32 bits per heavy atom. The molecular weight excluding hydrogens is 300 g/mol. The highest BCUT2D eigenvalue weighted by Gasteiger charge is 2.30. The lowest BCUT2D eigenvalue weighted by molar-refractivity contribution is 0.000637. The second-order valence-corrected chi connectivity index (χ2v) is 6.47. The highest BCUT2D eigenvalue weighted by atomic mass is 79.9. The smallest absolute Gasteiger partial charge is 0.0797 e. The molecule has 0 N–H and O–H groups in total. The van der Waals surface area contributed by atoms with Gasteiger partial charge in [-0.3, -0.25) is 0 Å². The van der Waals surface area contributed by atoms with Crippen molar-refractivity contribution in [3.05, 3.63) is 35.9 Å². The van der Waals surface area contributed by atoms with Crippen molar-refractivity contribution in [1.82, 2.24) is 0 Å². The van der Waals surface area contributed by atoms with Crippen LogP contribution in [-0.4, -0.2) is 11.9 Å². The van der Waals surface area contributed by atoms with Gasteiger partial charge in [-0.15, -0.1) is 0 Å². The van der Waals surface area contributed by atoms with Gasteiger partial charge >= 0.3 is 0 Å². The van der Waals surface area contributed by atoms with Crippen molar-refractivity contribution in [1.29, 1.82) is 0 Å². The molecule has 1 saturated carbocycles. The Labute approximate surface area is 125 Å². The normalized spacial score (nSPS) is 20.7. The SMILES string of the molecule is CC(OCC1(CBr)CCCCCC1)c1ccccc1. The highest BCUT2D eigenvalue weighted by Crippen LogP contribution is 2.38. The van der Waals surface area contributed by atoms with Crippen LogP contribution in [0.15, 0.2) is 30.3 Å². The molecule has 19 heavy (non-hydrogen) atoms. The van der Waals surface area contributed by atoms with E-state index >= 15 is 0 Å². The van der Waals surface area contributed by atoms with E-state index < -0.39 is 0 Å². The lowest BCUT2D eigenvalue weighted by Crippen LogP contribution is -2.29. The second kappa shape index (κ2) is 7.44. The van der Waals surface area contributed by atoms with Crippen molar-refractivity contribution >= 4 is 15.9 Å². The van der Waals surface area contributed by atoms with Gasteiger partial charge in [0, 0.05) is 10.7 Å². The summed E-state index contributed by atoms with van der Waals surface area (Å²) in [5.41, 5.74) is 1.64. The minimum Gasteiger partial charge on any atom is -0.373 e. The van der Waals surface area contributed by atoms with Gasteiger partial charge in [0.2, 0.25) is 0 Å². The monoisotopic (exact) mass is 324 g/mol. The number of ether oxygens (including phenoxy) is 1. The third-order valence-corrected chi connectivity index (χ3v) is 5.55. The molecule has 1 aliphatic carbocycles. The van der Waals surface area contributed by atoms with E-state index in [1.165, 1.54) is 44.1 Å². The molecule has 1 fully saturated rings. The van der Waals surface area contributed by atoms with Gasteiger partial charge in [0.05, 0.1) is 12.7 Å². The lowest BCUT2D eigenvalue weighted by atomic mass is 9.83. The summed E-state index contributed by atoms with van der Waals surface area (Å²) < 4.78 is 6.19. The predicted molar refractivity (Wildman–Crippen MR) is 84.7 cm³/mol. The Morgan fingerprint density at radius 2 is 1.74 bits per heavy atom. The summed E-state index contributed by atoms with van der Waals surface area (Å²) in [6.45, 7) is 3.04. The molecule has 1 nitrogen and oxygen atoms in total. The summed E-state index contributed by atoms with van der Waals surface area (Å²) >= 11 is 3.73. The third-order valence-electron chi connectivity index (χ3n) is 4.36. The molecule has 0 aromatic heterocycles. The Bertz CT molecular complexity index is 355. The molecule has 0 spiro atoms. The molecule has 0 amide bonds. The van der Waals surface area contributed by atoms with Gasteiger partial charge in [0.15, 0.2) is 0 Å². The van der Waals surface area contributed by atoms with Gasteiger partial charge in [-0.2, -0.15) is 0 Å². The first-order valence-corrected chi connectivity index (χ1v) is 8.60. The molecule has 0 heterocycles. The fraction of sp³-hybridized carbons (Fsp3) is 0.647. The average molecular weight is 325 g/mol. The molecule has 1 aliphatic rings. The summed E-state index contributed by atoms with van der Waals surface area (Å²) in [5, 5.41) is 1.07. The molecule has 1 aromatic rings. The van der Waals surface area contributed by atoms with Crippen LogP contribution in [-0.2, 0) is 4.74 Å². The minimum absolute atomic E-state index is 0.195. The third kappa shape index (κ3) is 4.32. The zero-order valence-corrected chi connectivity index (χ0v) is 13.5. The van der Waals surface area contributed by atoms with E-state index in [2.05, 4.69) is 53.2 Å². The molecule has 0 aliphatic heterocycles. The summed E-state index contributed by atoms with van der Waals surface area (Å²) in [5.74, 6) is 0. The Kier molecular flexibility index (Phi) is 5.90. The van der Waals surface area contributed by atoms with E-state index in [0.717, 1.165) is 11.9 Å². The number of alkyl halides is 1. The van der Waals surface area contributed by atoms with Crippen LogP contribution in [0.3, 0.4) is 0 Å². The maximum atomic E-state index is 6.19. The van der Waals surface area contributed by atoms with E-state index in [9.17, 15) is 0 Å².